The smallest absolute Gasteiger partial charge is 0.211 e. The standard InChI is InChI=1S/C12H25NO3S/c1-3-4-9-17(15,16)13-10-12(2)8-6-5-7-11(12)14/h11,13-14H,3-10H2,1-2H3. The van der Waals surface area contributed by atoms with Crippen LogP contribution in [0.25, 0.3) is 0 Å². The highest BCUT2D eigenvalue weighted by Gasteiger charge is 2.36. The number of nitrogens with one attached hydrogen (secondary N) is 1. The predicted octanol–water partition coefficient (Wildman–Crippen LogP) is 1.65. The molecule has 0 aliphatic heterocycles. The quantitative estimate of drug-likeness (QED) is 0.765. The van der Waals surface area contributed by atoms with Crippen LogP contribution in [-0.2, 0) is 10.0 Å². The minimum Gasteiger partial charge on any atom is -0.393 e. The Kier molecular flexibility index (Phi) is 5.41. The summed E-state index contributed by atoms with van der Waals surface area (Å²) < 4.78 is 26.0. The van der Waals surface area contributed by atoms with Crippen molar-refractivity contribution in [1.29, 1.82) is 0 Å². The minimum atomic E-state index is -3.17. The Hall–Kier alpha value is -0.130. The summed E-state index contributed by atoms with van der Waals surface area (Å²) in [6.07, 6.45) is 4.97. The molecule has 1 aliphatic carbocycles. The van der Waals surface area contributed by atoms with Crippen LogP contribution in [0.3, 0.4) is 0 Å². The van der Waals surface area contributed by atoms with Crippen molar-refractivity contribution in [3.8, 4) is 0 Å². The van der Waals surface area contributed by atoms with E-state index in [1.165, 1.54) is 0 Å². The molecule has 102 valence electrons. The normalized spacial score (nSPS) is 30.4. The molecule has 0 bridgehead atoms. The Morgan fingerprint density at radius 1 is 1.41 bits per heavy atom. The van der Waals surface area contributed by atoms with E-state index in [-0.39, 0.29) is 17.3 Å². The number of hydrogen-bond donors (Lipinski definition) is 2. The van der Waals surface area contributed by atoms with Crippen molar-refractivity contribution in [3.63, 3.8) is 0 Å². The molecule has 5 heteroatoms. The van der Waals surface area contributed by atoms with Crippen molar-refractivity contribution >= 4 is 10.0 Å². The summed E-state index contributed by atoms with van der Waals surface area (Å²) in [5.41, 5.74) is -0.294. The summed E-state index contributed by atoms with van der Waals surface area (Å²) in [4.78, 5) is 0. The molecule has 2 N–H and O–H groups in total. The van der Waals surface area contributed by atoms with Crippen LogP contribution in [0.2, 0.25) is 0 Å². The highest BCUT2D eigenvalue weighted by molar-refractivity contribution is 7.89. The molecule has 0 saturated heterocycles. The van der Waals surface area contributed by atoms with Gasteiger partial charge in [-0.2, -0.15) is 0 Å². The molecule has 2 atom stereocenters. The van der Waals surface area contributed by atoms with E-state index in [9.17, 15) is 13.5 Å². The van der Waals surface area contributed by atoms with Crippen LogP contribution < -0.4 is 4.72 Å². The molecule has 4 nitrogen and oxygen atoms in total. The van der Waals surface area contributed by atoms with E-state index in [0.29, 0.717) is 13.0 Å². The number of aliphatic hydroxyl groups is 1. The summed E-state index contributed by atoms with van der Waals surface area (Å²) in [5.74, 6) is 0.190. The first kappa shape index (κ1) is 14.9. The van der Waals surface area contributed by atoms with Crippen molar-refractivity contribution in [2.45, 2.75) is 58.5 Å². The second kappa shape index (κ2) is 6.16. The summed E-state index contributed by atoms with van der Waals surface area (Å²) in [7, 11) is -3.17. The van der Waals surface area contributed by atoms with E-state index in [1.54, 1.807) is 0 Å². The summed E-state index contributed by atoms with van der Waals surface area (Å²) in [5, 5.41) is 9.97. The van der Waals surface area contributed by atoms with Crippen LogP contribution in [0.15, 0.2) is 0 Å². The van der Waals surface area contributed by atoms with E-state index in [1.807, 2.05) is 13.8 Å². The molecule has 0 amide bonds. The zero-order chi connectivity index (χ0) is 12.9. The molecule has 0 heterocycles. The van der Waals surface area contributed by atoms with Gasteiger partial charge in [0.1, 0.15) is 0 Å². The summed E-state index contributed by atoms with van der Waals surface area (Å²) >= 11 is 0. The van der Waals surface area contributed by atoms with Gasteiger partial charge in [-0.25, -0.2) is 13.1 Å². The van der Waals surface area contributed by atoms with Gasteiger partial charge < -0.3 is 5.11 Å². The lowest BCUT2D eigenvalue weighted by Crippen LogP contribution is -2.45. The molecule has 2 unspecified atom stereocenters. The molecule has 0 aromatic carbocycles. The number of hydrogen-bond acceptors (Lipinski definition) is 3. The molecule has 0 radical (unpaired) electrons. The van der Waals surface area contributed by atoms with E-state index < -0.39 is 10.0 Å². The Bertz CT molecular complexity index is 329. The molecule has 1 fully saturated rings. The van der Waals surface area contributed by atoms with Crippen molar-refractivity contribution in [2.75, 3.05) is 12.3 Å². The van der Waals surface area contributed by atoms with Crippen molar-refractivity contribution in [3.05, 3.63) is 0 Å². The second-order valence-corrected chi connectivity index (χ2v) is 7.34. The maximum absolute atomic E-state index is 11.7. The van der Waals surface area contributed by atoms with Gasteiger partial charge in [0.15, 0.2) is 0 Å². The average molecular weight is 263 g/mol. The SMILES string of the molecule is CCCCS(=O)(=O)NCC1(C)CCCCC1O. The first-order valence-electron chi connectivity index (χ1n) is 6.55. The molecule has 0 spiro atoms. The van der Waals surface area contributed by atoms with Crippen LogP contribution in [0.5, 0.6) is 0 Å². The molecule has 1 rings (SSSR count). The topological polar surface area (TPSA) is 66.4 Å². The Balaban J connectivity index is 2.48. The Morgan fingerprint density at radius 3 is 2.71 bits per heavy atom. The van der Waals surface area contributed by atoms with Crippen LogP contribution in [0.1, 0.15) is 52.4 Å². The van der Waals surface area contributed by atoms with E-state index in [2.05, 4.69) is 4.72 Å². The lowest BCUT2D eigenvalue weighted by atomic mass is 9.73. The number of sulfonamides is 1. The maximum Gasteiger partial charge on any atom is 0.211 e. The molecular weight excluding hydrogens is 238 g/mol. The first-order valence-corrected chi connectivity index (χ1v) is 8.20. The molecule has 1 saturated carbocycles. The lowest BCUT2D eigenvalue weighted by Gasteiger charge is -2.38. The third kappa shape index (κ3) is 4.56. The zero-order valence-electron chi connectivity index (χ0n) is 10.9. The van der Waals surface area contributed by atoms with Crippen LogP contribution in [0, 0.1) is 5.41 Å². The van der Waals surface area contributed by atoms with Gasteiger partial charge in [-0.1, -0.05) is 33.1 Å². The van der Waals surface area contributed by atoms with Gasteiger partial charge in [-0.05, 0) is 19.3 Å². The molecule has 17 heavy (non-hydrogen) atoms. The highest BCUT2D eigenvalue weighted by atomic mass is 32.2. The third-order valence-corrected chi connectivity index (χ3v) is 5.15. The lowest BCUT2D eigenvalue weighted by molar-refractivity contribution is 0.00463. The van der Waals surface area contributed by atoms with Gasteiger partial charge in [-0.3, -0.25) is 0 Å². The molecule has 0 aromatic heterocycles. The van der Waals surface area contributed by atoms with Crippen molar-refractivity contribution < 1.29 is 13.5 Å². The fraction of sp³-hybridized carbons (Fsp3) is 1.00. The van der Waals surface area contributed by atoms with Gasteiger partial charge in [0, 0.05) is 12.0 Å². The Labute approximate surface area is 105 Å². The van der Waals surface area contributed by atoms with Crippen molar-refractivity contribution in [2.24, 2.45) is 5.41 Å². The maximum atomic E-state index is 11.7. The van der Waals surface area contributed by atoms with E-state index in [4.69, 9.17) is 0 Å². The Morgan fingerprint density at radius 2 is 2.12 bits per heavy atom. The highest BCUT2D eigenvalue weighted by Crippen LogP contribution is 2.35. The zero-order valence-corrected chi connectivity index (χ0v) is 11.7. The fourth-order valence-electron chi connectivity index (χ4n) is 2.27. The first-order chi connectivity index (χ1) is 7.90. The second-order valence-electron chi connectivity index (χ2n) is 5.41. The molecular formula is C12H25NO3S. The fourth-order valence-corrected chi connectivity index (χ4v) is 3.63. The summed E-state index contributed by atoms with van der Waals surface area (Å²) in [6, 6.07) is 0. The third-order valence-electron chi connectivity index (χ3n) is 3.74. The largest absolute Gasteiger partial charge is 0.393 e. The average Bonchev–Trinajstić information content (AvgIpc) is 2.29. The van der Waals surface area contributed by atoms with Gasteiger partial charge in [0.25, 0.3) is 0 Å². The summed E-state index contributed by atoms with van der Waals surface area (Å²) in [6.45, 7) is 4.31. The van der Waals surface area contributed by atoms with Gasteiger partial charge in [-0.15, -0.1) is 0 Å². The monoisotopic (exact) mass is 263 g/mol. The van der Waals surface area contributed by atoms with E-state index >= 15 is 0 Å². The van der Waals surface area contributed by atoms with Crippen LogP contribution in [0.4, 0.5) is 0 Å². The van der Waals surface area contributed by atoms with E-state index in [0.717, 1.165) is 32.1 Å². The van der Waals surface area contributed by atoms with Gasteiger partial charge in [0.05, 0.1) is 11.9 Å². The van der Waals surface area contributed by atoms with Gasteiger partial charge in [0.2, 0.25) is 10.0 Å². The number of unbranched alkanes of at least 4 members (excludes halogenated alkanes) is 1. The minimum absolute atomic E-state index is 0.190. The van der Waals surface area contributed by atoms with Crippen LogP contribution >= 0.6 is 0 Å². The van der Waals surface area contributed by atoms with Crippen LogP contribution in [-0.4, -0.2) is 31.9 Å². The van der Waals surface area contributed by atoms with Gasteiger partial charge >= 0.3 is 0 Å². The molecule has 0 aromatic rings. The predicted molar refractivity (Wildman–Crippen MR) is 69.3 cm³/mol. The number of aliphatic hydroxyl groups excluding tert-OH is 1. The molecule has 1 aliphatic rings. The van der Waals surface area contributed by atoms with Crippen molar-refractivity contribution in [1.82, 2.24) is 4.72 Å². The number of rotatable bonds is 6.